The van der Waals surface area contributed by atoms with Gasteiger partial charge >= 0.3 is 0 Å². The van der Waals surface area contributed by atoms with Gasteiger partial charge in [-0.3, -0.25) is 10.3 Å². The maximum absolute atomic E-state index is 8.49. The Labute approximate surface area is 78.6 Å². The molecule has 1 N–H and O–H groups in total. The van der Waals surface area contributed by atoms with Gasteiger partial charge in [0.05, 0.1) is 0 Å². The lowest BCUT2D eigenvalue weighted by Gasteiger charge is -2.16. The first-order chi connectivity index (χ1) is 6.24. The van der Waals surface area contributed by atoms with Crippen LogP contribution in [0.1, 0.15) is 12.8 Å². The van der Waals surface area contributed by atoms with Gasteiger partial charge in [-0.25, -0.2) is 0 Å². The minimum Gasteiger partial charge on any atom is -0.383 e. The second kappa shape index (κ2) is 4.51. The van der Waals surface area contributed by atoms with Crippen LogP contribution in [0.3, 0.4) is 0 Å². The fourth-order valence-corrected chi connectivity index (χ4v) is 1.29. The van der Waals surface area contributed by atoms with Crippen LogP contribution in [0.4, 0.5) is 0 Å². The average Bonchev–Trinajstić information content (AvgIpc) is 2.08. The van der Waals surface area contributed by atoms with Gasteiger partial charge in [0.15, 0.2) is 6.19 Å². The van der Waals surface area contributed by atoms with Crippen molar-refractivity contribution in [2.45, 2.75) is 12.8 Å². The lowest BCUT2D eigenvalue weighted by Crippen LogP contribution is -2.25. The monoisotopic (exact) mass is 178 g/mol. The first-order valence-electron chi connectivity index (χ1n) is 4.31. The normalized spacial score (nSPS) is 19.2. The number of nitriles is 1. The van der Waals surface area contributed by atoms with Gasteiger partial charge in [-0.05, 0) is 12.8 Å². The molecule has 0 spiro atoms. The summed E-state index contributed by atoms with van der Waals surface area (Å²) in [6.07, 6.45) is 5.96. The third-order valence-corrected chi connectivity index (χ3v) is 1.77. The molecule has 0 amide bonds. The molecule has 4 heteroatoms. The first kappa shape index (κ1) is 9.59. The molecule has 0 radical (unpaired) electrons. The molecule has 0 bridgehead atoms. The van der Waals surface area contributed by atoms with Crippen LogP contribution < -0.4 is 5.32 Å². The zero-order chi connectivity index (χ0) is 9.68. The summed E-state index contributed by atoms with van der Waals surface area (Å²) in [5.41, 5.74) is 1.11. The van der Waals surface area contributed by atoms with Crippen LogP contribution in [0.25, 0.3) is 0 Å². The summed E-state index contributed by atoms with van der Waals surface area (Å²) in [7, 11) is 3.93. The highest BCUT2D eigenvalue weighted by molar-refractivity contribution is 5.99. The quantitative estimate of drug-likeness (QED) is 0.475. The van der Waals surface area contributed by atoms with Crippen LogP contribution in [0.2, 0.25) is 0 Å². The second-order valence-corrected chi connectivity index (χ2v) is 3.19. The topological polar surface area (TPSA) is 51.4 Å². The van der Waals surface area contributed by atoms with Crippen molar-refractivity contribution >= 4 is 5.84 Å². The highest BCUT2D eigenvalue weighted by Crippen LogP contribution is 2.12. The third kappa shape index (κ3) is 2.79. The Morgan fingerprint density at radius 1 is 1.62 bits per heavy atom. The Hall–Kier alpha value is -1.50. The van der Waals surface area contributed by atoms with Crippen molar-refractivity contribution in [1.82, 2.24) is 10.2 Å². The molecule has 13 heavy (non-hydrogen) atoms. The summed E-state index contributed by atoms with van der Waals surface area (Å²) in [6, 6.07) is 0. The molecule has 0 saturated carbocycles. The molecule has 70 valence electrons. The number of hydrogen-bond acceptors (Lipinski definition) is 4. The smallest absolute Gasteiger partial charge is 0.182 e. The second-order valence-electron chi connectivity index (χ2n) is 3.19. The molecule has 1 aliphatic rings. The van der Waals surface area contributed by atoms with E-state index in [0.29, 0.717) is 0 Å². The molecule has 0 aliphatic carbocycles. The van der Waals surface area contributed by atoms with Crippen molar-refractivity contribution in [2.24, 2.45) is 4.99 Å². The SMILES string of the molecule is CN(C)/C=C1/CCCN=C1NC#N. The van der Waals surface area contributed by atoms with E-state index in [1.54, 1.807) is 0 Å². The van der Waals surface area contributed by atoms with Crippen LogP contribution in [0.5, 0.6) is 0 Å². The molecule has 0 fully saturated rings. The molecule has 0 aromatic heterocycles. The van der Waals surface area contributed by atoms with E-state index in [2.05, 4.69) is 10.3 Å². The van der Waals surface area contributed by atoms with E-state index >= 15 is 0 Å². The summed E-state index contributed by atoms with van der Waals surface area (Å²) in [6.45, 7) is 0.814. The third-order valence-electron chi connectivity index (χ3n) is 1.77. The van der Waals surface area contributed by atoms with Crippen LogP contribution in [0, 0.1) is 11.5 Å². The molecule has 0 unspecified atom stereocenters. The van der Waals surface area contributed by atoms with E-state index in [4.69, 9.17) is 5.26 Å². The highest BCUT2D eigenvalue weighted by Gasteiger charge is 2.11. The molecular formula is C9H14N4. The van der Waals surface area contributed by atoms with Crippen molar-refractivity contribution < 1.29 is 0 Å². The Kier molecular flexibility index (Phi) is 3.32. The van der Waals surface area contributed by atoms with E-state index in [0.717, 1.165) is 30.8 Å². The number of hydrogen-bond donors (Lipinski definition) is 1. The molecular weight excluding hydrogens is 164 g/mol. The van der Waals surface area contributed by atoms with E-state index in [9.17, 15) is 0 Å². The molecule has 1 rings (SSSR count). The minimum atomic E-state index is 0.724. The average molecular weight is 178 g/mol. The zero-order valence-electron chi connectivity index (χ0n) is 8.04. The Morgan fingerprint density at radius 2 is 2.38 bits per heavy atom. The van der Waals surface area contributed by atoms with Gasteiger partial charge in [0.25, 0.3) is 0 Å². The van der Waals surface area contributed by atoms with E-state index in [1.807, 2.05) is 31.4 Å². The van der Waals surface area contributed by atoms with E-state index in [1.165, 1.54) is 0 Å². The van der Waals surface area contributed by atoms with Crippen molar-refractivity contribution in [3.63, 3.8) is 0 Å². The summed E-state index contributed by atoms with van der Waals surface area (Å²) >= 11 is 0. The summed E-state index contributed by atoms with van der Waals surface area (Å²) in [5, 5.41) is 11.1. The van der Waals surface area contributed by atoms with Gasteiger partial charge in [-0.2, -0.15) is 5.26 Å². The van der Waals surface area contributed by atoms with Gasteiger partial charge < -0.3 is 4.90 Å². The molecule has 0 atom stereocenters. The molecule has 4 nitrogen and oxygen atoms in total. The maximum Gasteiger partial charge on any atom is 0.182 e. The fraction of sp³-hybridized carbons (Fsp3) is 0.556. The van der Waals surface area contributed by atoms with Crippen LogP contribution >= 0.6 is 0 Å². The van der Waals surface area contributed by atoms with Crippen LogP contribution in [0.15, 0.2) is 16.8 Å². The number of nitrogens with one attached hydrogen (secondary N) is 1. The Morgan fingerprint density at radius 3 is 3.00 bits per heavy atom. The molecule has 0 aromatic rings. The minimum absolute atomic E-state index is 0.724. The lowest BCUT2D eigenvalue weighted by molar-refractivity contribution is 0.555. The van der Waals surface area contributed by atoms with Gasteiger partial charge in [0, 0.05) is 32.4 Å². The molecule has 0 saturated heterocycles. The largest absolute Gasteiger partial charge is 0.383 e. The first-order valence-corrected chi connectivity index (χ1v) is 4.31. The van der Waals surface area contributed by atoms with Crippen molar-refractivity contribution in [3.05, 3.63) is 11.8 Å². The summed E-state index contributed by atoms with van der Waals surface area (Å²) in [5.74, 6) is 0.724. The van der Waals surface area contributed by atoms with Gasteiger partial charge in [0.2, 0.25) is 0 Å². The standard InChI is InChI=1S/C9H14N4/c1-13(2)6-8-4-3-5-11-9(8)12-7-10/h6H,3-5H2,1-2H3,(H,11,12)/b8-6-. The number of nitrogens with zero attached hydrogens (tertiary/aromatic N) is 3. The van der Waals surface area contributed by atoms with Gasteiger partial charge in [-0.15, -0.1) is 0 Å². The molecule has 1 aliphatic heterocycles. The number of aliphatic imine (C=N–C) groups is 1. The van der Waals surface area contributed by atoms with Gasteiger partial charge in [0.1, 0.15) is 5.84 Å². The van der Waals surface area contributed by atoms with Crippen LogP contribution in [-0.4, -0.2) is 31.4 Å². The predicted octanol–water partition coefficient (Wildman–Crippen LogP) is 0.695. The Balaban J connectivity index is 2.77. The molecule has 0 aromatic carbocycles. The molecule has 1 heterocycles. The number of rotatable bonds is 1. The summed E-state index contributed by atoms with van der Waals surface area (Å²) < 4.78 is 0. The van der Waals surface area contributed by atoms with Crippen molar-refractivity contribution in [1.29, 1.82) is 5.26 Å². The highest BCUT2D eigenvalue weighted by atomic mass is 15.1. The lowest BCUT2D eigenvalue weighted by atomic mass is 10.1. The van der Waals surface area contributed by atoms with E-state index < -0.39 is 0 Å². The van der Waals surface area contributed by atoms with Gasteiger partial charge in [-0.1, -0.05) is 0 Å². The van der Waals surface area contributed by atoms with Crippen molar-refractivity contribution in [3.8, 4) is 6.19 Å². The zero-order valence-corrected chi connectivity index (χ0v) is 8.04. The fourth-order valence-electron chi connectivity index (χ4n) is 1.29. The Bertz CT molecular complexity index is 270. The predicted molar refractivity (Wildman–Crippen MR) is 52.1 cm³/mol. The van der Waals surface area contributed by atoms with Crippen LogP contribution in [-0.2, 0) is 0 Å². The number of amidine groups is 1. The van der Waals surface area contributed by atoms with E-state index in [-0.39, 0.29) is 0 Å². The maximum atomic E-state index is 8.49. The van der Waals surface area contributed by atoms with Crippen molar-refractivity contribution in [2.75, 3.05) is 20.6 Å². The summed E-state index contributed by atoms with van der Waals surface area (Å²) in [4.78, 5) is 6.21.